The van der Waals surface area contributed by atoms with Gasteiger partial charge < -0.3 is 10.7 Å². The fourth-order valence-electron chi connectivity index (χ4n) is 4.73. The van der Waals surface area contributed by atoms with E-state index < -0.39 is 27.5 Å². The van der Waals surface area contributed by atoms with Gasteiger partial charge in [0.25, 0.3) is 10.0 Å². The molecule has 0 aliphatic heterocycles. The molecule has 6 aromatic rings. The molecule has 6 rings (SSSR count). The van der Waals surface area contributed by atoms with E-state index in [0.29, 0.717) is 17.0 Å². The Bertz CT molecular complexity index is 2110. The Morgan fingerprint density at radius 2 is 1.71 bits per heavy atom. The summed E-state index contributed by atoms with van der Waals surface area (Å²) in [5.41, 5.74) is 7.49. The van der Waals surface area contributed by atoms with Crippen molar-refractivity contribution < 1.29 is 26.4 Å². The molecule has 3 heterocycles. The summed E-state index contributed by atoms with van der Waals surface area (Å²) >= 11 is 0. The first-order chi connectivity index (χ1) is 19.3. The molecular formula is C28H21F3N6O3S. The summed E-state index contributed by atoms with van der Waals surface area (Å²) < 4.78 is 70.1. The second-order valence-electron chi connectivity index (χ2n) is 9.59. The number of nitrogen functional groups attached to an aromatic ring is 1. The molecule has 3 N–H and O–H groups in total. The van der Waals surface area contributed by atoms with Crippen LogP contribution in [0.25, 0.3) is 27.6 Å². The number of rotatable bonds is 5. The van der Waals surface area contributed by atoms with E-state index in [1.807, 2.05) is 0 Å². The van der Waals surface area contributed by atoms with E-state index in [1.165, 1.54) is 23.0 Å². The van der Waals surface area contributed by atoms with Gasteiger partial charge in [0.2, 0.25) is 5.78 Å². The van der Waals surface area contributed by atoms with E-state index in [0.717, 1.165) is 39.3 Å². The normalized spacial score (nSPS) is 12.4. The maximum Gasteiger partial charge on any atom is 0.416 e. The number of aromatic amines is 1. The maximum atomic E-state index is 13.9. The molecule has 13 heteroatoms. The second-order valence-corrected chi connectivity index (χ2v) is 11.4. The summed E-state index contributed by atoms with van der Waals surface area (Å²) in [5, 5.41) is 4.15. The molecule has 0 amide bonds. The van der Waals surface area contributed by atoms with Crippen LogP contribution in [0.3, 0.4) is 0 Å². The first kappa shape index (κ1) is 26.3. The minimum atomic E-state index is -4.67. The molecule has 3 aromatic heterocycles. The van der Waals surface area contributed by atoms with E-state index in [2.05, 4.69) is 15.1 Å². The Labute approximate surface area is 231 Å². The summed E-state index contributed by atoms with van der Waals surface area (Å²) in [6, 6.07) is 14.9. The quantitative estimate of drug-likeness (QED) is 0.264. The highest BCUT2D eigenvalue weighted by atomic mass is 32.2. The molecule has 41 heavy (non-hydrogen) atoms. The summed E-state index contributed by atoms with van der Waals surface area (Å²) in [5.74, 6) is -0.203. The molecule has 0 fully saturated rings. The summed E-state index contributed by atoms with van der Waals surface area (Å²) in [6.07, 6.45) is -3.48. The van der Waals surface area contributed by atoms with Crippen LogP contribution in [0.2, 0.25) is 0 Å². The van der Waals surface area contributed by atoms with Gasteiger partial charge in [0, 0.05) is 5.39 Å². The average Bonchev–Trinajstić information content (AvgIpc) is 3.61. The molecule has 0 spiro atoms. The number of nitrogens with zero attached hydrogens (tertiary/aromatic N) is 4. The van der Waals surface area contributed by atoms with Crippen LogP contribution >= 0.6 is 0 Å². The van der Waals surface area contributed by atoms with Gasteiger partial charge >= 0.3 is 6.18 Å². The molecule has 3 aromatic carbocycles. The zero-order valence-corrected chi connectivity index (χ0v) is 22.4. The second kappa shape index (κ2) is 9.06. The summed E-state index contributed by atoms with van der Waals surface area (Å²) in [4.78, 5) is 21.2. The molecule has 0 aliphatic carbocycles. The number of fused-ring (bicyclic) bond motifs is 2. The number of halogens is 3. The average molecular weight is 579 g/mol. The SMILES string of the molecule is Cc1ccc(S(=O)(=O)n2c(C(=O)c3cnn(-c4ccc5[nH]c(C)nc5c4)c3N)cc3cc(C(F)(F)F)ccc32)cc1. The van der Waals surface area contributed by atoms with Crippen LogP contribution < -0.4 is 5.73 Å². The lowest BCUT2D eigenvalue weighted by Gasteiger charge is -2.12. The van der Waals surface area contributed by atoms with Gasteiger partial charge in [-0.05, 0) is 68.4 Å². The van der Waals surface area contributed by atoms with Crippen molar-refractivity contribution in [2.75, 3.05) is 5.73 Å². The number of nitrogens with two attached hydrogens (primary N) is 1. The first-order valence-corrected chi connectivity index (χ1v) is 13.7. The predicted molar refractivity (Wildman–Crippen MR) is 147 cm³/mol. The summed E-state index contributed by atoms with van der Waals surface area (Å²) in [6.45, 7) is 3.58. The maximum absolute atomic E-state index is 13.9. The van der Waals surface area contributed by atoms with Crippen molar-refractivity contribution in [2.24, 2.45) is 0 Å². The van der Waals surface area contributed by atoms with Crippen LogP contribution in [0, 0.1) is 13.8 Å². The van der Waals surface area contributed by atoms with Crippen LogP contribution in [-0.4, -0.2) is 37.9 Å². The van der Waals surface area contributed by atoms with Gasteiger partial charge in [0.1, 0.15) is 17.3 Å². The van der Waals surface area contributed by atoms with Crippen molar-refractivity contribution in [1.29, 1.82) is 0 Å². The highest BCUT2D eigenvalue weighted by Gasteiger charge is 2.33. The van der Waals surface area contributed by atoms with Crippen molar-refractivity contribution in [3.63, 3.8) is 0 Å². The largest absolute Gasteiger partial charge is 0.416 e. The van der Waals surface area contributed by atoms with Gasteiger partial charge in [0.15, 0.2) is 0 Å². The number of nitrogens with one attached hydrogen (secondary N) is 1. The van der Waals surface area contributed by atoms with Gasteiger partial charge in [-0.15, -0.1) is 0 Å². The number of carbonyl (C=O) groups is 1. The van der Waals surface area contributed by atoms with Gasteiger partial charge in [-0.1, -0.05) is 17.7 Å². The number of hydrogen-bond acceptors (Lipinski definition) is 6. The van der Waals surface area contributed by atoms with Crippen LogP contribution in [0.1, 0.15) is 33.0 Å². The zero-order chi connectivity index (χ0) is 29.3. The lowest BCUT2D eigenvalue weighted by atomic mass is 10.1. The third-order valence-electron chi connectivity index (χ3n) is 6.76. The molecular weight excluding hydrogens is 557 g/mol. The molecule has 0 bridgehead atoms. The molecule has 0 saturated carbocycles. The molecule has 0 aliphatic rings. The van der Waals surface area contributed by atoms with E-state index in [1.54, 1.807) is 44.2 Å². The number of aryl methyl sites for hydroxylation is 2. The summed E-state index contributed by atoms with van der Waals surface area (Å²) in [7, 11) is -4.42. The molecule has 0 atom stereocenters. The number of anilines is 1. The predicted octanol–water partition coefficient (Wildman–Crippen LogP) is 5.39. The number of hydrogen-bond donors (Lipinski definition) is 2. The number of imidazole rings is 1. The Hall–Kier alpha value is -4.91. The monoisotopic (exact) mass is 578 g/mol. The topological polar surface area (TPSA) is 129 Å². The number of alkyl halides is 3. The Morgan fingerprint density at radius 3 is 2.41 bits per heavy atom. The molecule has 0 radical (unpaired) electrons. The minimum absolute atomic E-state index is 0.0795. The Kier molecular flexibility index (Phi) is 5.82. The van der Waals surface area contributed by atoms with Crippen LogP contribution in [0.15, 0.2) is 77.8 Å². The van der Waals surface area contributed by atoms with Gasteiger partial charge in [0.05, 0.1) is 44.5 Å². The fourth-order valence-corrected chi connectivity index (χ4v) is 6.24. The van der Waals surface area contributed by atoms with Crippen LogP contribution in [0.5, 0.6) is 0 Å². The number of carbonyl (C=O) groups excluding carboxylic acids is 1. The fraction of sp³-hybridized carbons (Fsp3) is 0.107. The van der Waals surface area contributed by atoms with Crippen LogP contribution in [-0.2, 0) is 16.2 Å². The van der Waals surface area contributed by atoms with E-state index in [4.69, 9.17) is 5.73 Å². The van der Waals surface area contributed by atoms with E-state index in [-0.39, 0.29) is 32.9 Å². The molecule has 208 valence electrons. The molecule has 0 saturated heterocycles. The van der Waals surface area contributed by atoms with Crippen molar-refractivity contribution in [3.8, 4) is 5.69 Å². The highest BCUT2D eigenvalue weighted by molar-refractivity contribution is 7.90. The smallest absolute Gasteiger partial charge is 0.383 e. The molecule has 9 nitrogen and oxygen atoms in total. The Balaban J connectivity index is 1.52. The number of benzene rings is 3. The van der Waals surface area contributed by atoms with Crippen molar-refractivity contribution >= 4 is 43.6 Å². The Morgan fingerprint density at radius 1 is 0.976 bits per heavy atom. The molecule has 0 unspecified atom stereocenters. The van der Waals surface area contributed by atoms with Crippen molar-refractivity contribution in [2.45, 2.75) is 24.9 Å². The van der Waals surface area contributed by atoms with E-state index in [9.17, 15) is 26.4 Å². The third-order valence-corrected chi connectivity index (χ3v) is 8.50. The zero-order valence-electron chi connectivity index (χ0n) is 21.6. The van der Waals surface area contributed by atoms with Crippen molar-refractivity contribution in [1.82, 2.24) is 23.7 Å². The standard InChI is InChI=1S/C28H21F3N6O3S/c1-15-3-7-20(8-4-15)41(39,40)37-24-10-5-18(28(29,30)31)11-17(24)12-25(37)26(38)21-14-33-36(27(21)32)19-6-9-22-23(13-19)35-16(2)34-22/h3-14H,32H2,1-2H3,(H,34,35). The first-order valence-electron chi connectivity index (χ1n) is 12.2. The highest BCUT2D eigenvalue weighted by Crippen LogP contribution is 2.35. The number of H-pyrrole nitrogens is 1. The lowest BCUT2D eigenvalue weighted by Crippen LogP contribution is -2.19. The van der Waals surface area contributed by atoms with Crippen molar-refractivity contribution in [3.05, 3.63) is 101 Å². The number of ketones is 1. The van der Waals surface area contributed by atoms with Gasteiger partial charge in [-0.25, -0.2) is 22.1 Å². The van der Waals surface area contributed by atoms with Gasteiger partial charge in [-0.2, -0.15) is 18.3 Å². The number of aromatic nitrogens is 5. The van der Waals surface area contributed by atoms with E-state index >= 15 is 0 Å². The van der Waals surface area contributed by atoms with Crippen LogP contribution in [0.4, 0.5) is 19.0 Å². The van der Waals surface area contributed by atoms with Gasteiger partial charge in [-0.3, -0.25) is 4.79 Å². The lowest BCUT2D eigenvalue weighted by molar-refractivity contribution is -0.137. The third kappa shape index (κ3) is 4.34. The minimum Gasteiger partial charge on any atom is -0.383 e.